The molecule has 4 N–H and O–H groups in total. The number of rotatable bonds is 12. The van der Waals surface area contributed by atoms with Crippen LogP contribution in [0, 0.1) is 52.3 Å². The number of aromatic amines is 1. The Bertz CT molecular complexity index is 1010. The maximum absolute atomic E-state index is 12.8. The number of fused-ring (bicyclic) bond motifs is 5. The molecule has 0 saturated heterocycles. The number of nitrogens with one attached hydrogen (secondary N) is 2. The molecule has 4 fully saturated rings. The van der Waals surface area contributed by atoms with E-state index in [1.807, 2.05) is 6.20 Å². The van der Waals surface area contributed by atoms with Gasteiger partial charge in [0.1, 0.15) is 0 Å². The van der Waals surface area contributed by atoms with Crippen LogP contribution < -0.4 is 5.32 Å². The lowest BCUT2D eigenvalue weighted by molar-refractivity contribution is -0.228. The SMILES string of the molecule is CC(C)CCCC(C)[C@H]1CC[C@H]2[C@@H]3C[C@@H](NCCc4c[nH]cn4)[C@@]4(O)C[C@@H](CCC(=O)O)CC[C@]4(C)[C@H]3CC[C@]12C. The minimum atomic E-state index is -0.795. The number of carbonyl (C=O) groups is 1. The molecule has 6 nitrogen and oxygen atoms in total. The third kappa shape index (κ3) is 5.90. The minimum absolute atomic E-state index is 0.0465. The quantitative estimate of drug-likeness (QED) is 0.213. The molecule has 10 atom stereocenters. The van der Waals surface area contributed by atoms with Gasteiger partial charge >= 0.3 is 5.97 Å². The minimum Gasteiger partial charge on any atom is -0.481 e. The number of aliphatic carboxylic acids is 1. The van der Waals surface area contributed by atoms with Gasteiger partial charge in [0.25, 0.3) is 0 Å². The molecule has 0 spiro atoms. The summed E-state index contributed by atoms with van der Waals surface area (Å²) >= 11 is 0. The van der Waals surface area contributed by atoms with Crippen LogP contribution >= 0.6 is 0 Å². The summed E-state index contributed by atoms with van der Waals surface area (Å²) in [6, 6.07) is 0.0465. The van der Waals surface area contributed by atoms with Crippen LogP contribution in [-0.2, 0) is 11.2 Å². The van der Waals surface area contributed by atoms with Crippen molar-refractivity contribution >= 4 is 5.97 Å². The molecule has 1 aromatic rings. The number of carboxylic acids is 1. The lowest BCUT2D eigenvalue weighted by Crippen LogP contribution is -2.71. The van der Waals surface area contributed by atoms with Crippen molar-refractivity contribution in [3.05, 3.63) is 18.2 Å². The normalized spacial score (nSPS) is 41.0. The van der Waals surface area contributed by atoms with Crippen LogP contribution in [0.5, 0.6) is 0 Å². The Morgan fingerprint density at radius 2 is 1.93 bits per heavy atom. The van der Waals surface area contributed by atoms with E-state index in [4.69, 9.17) is 0 Å². The van der Waals surface area contributed by atoms with E-state index in [1.54, 1.807) is 6.33 Å². The first-order chi connectivity index (χ1) is 19.5. The number of H-pyrrole nitrogens is 1. The number of carboxylic acid groups (broad SMARTS) is 1. The van der Waals surface area contributed by atoms with E-state index in [0.717, 1.165) is 68.0 Å². The number of aliphatic hydroxyl groups is 1. The second-order valence-electron chi connectivity index (χ2n) is 15.8. The molecule has 41 heavy (non-hydrogen) atoms. The van der Waals surface area contributed by atoms with Crippen molar-refractivity contribution in [2.75, 3.05) is 6.54 Å². The number of hydrogen-bond donors (Lipinski definition) is 4. The molecule has 0 bridgehead atoms. The first kappa shape index (κ1) is 31.0. The average molecular weight is 570 g/mol. The van der Waals surface area contributed by atoms with Crippen LogP contribution in [0.25, 0.3) is 0 Å². The van der Waals surface area contributed by atoms with Gasteiger partial charge in [0.2, 0.25) is 0 Å². The third-order valence-corrected chi connectivity index (χ3v) is 13.3. The topological polar surface area (TPSA) is 98.2 Å². The van der Waals surface area contributed by atoms with Gasteiger partial charge in [-0.05, 0) is 105 Å². The van der Waals surface area contributed by atoms with E-state index >= 15 is 0 Å². The summed E-state index contributed by atoms with van der Waals surface area (Å²) in [7, 11) is 0. The molecule has 0 radical (unpaired) electrons. The molecule has 6 heteroatoms. The van der Waals surface area contributed by atoms with Gasteiger partial charge in [-0.1, -0.05) is 53.9 Å². The zero-order valence-corrected chi connectivity index (χ0v) is 26.6. The first-order valence-electron chi connectivity index (χ1n) is 17.1. The van der Waals surface area contributed by atoms with Crippen molar-refractivity contribution in [1.82, 2.24) is 15.3 Å². The molecular formula is C35H59N3O3. The smallest absolute Gasteiger partial charge is 0.303 e. The molecule has 4 saturated carbocycles. The highest BCUT2D eigenvalue weighted by atomic mass is 16.4. The molecule has 1 heterocycles. The predicted molar refractivity (Wildman–Crippen MR) is 164 cm³/mol. The molecular weight excluding hydrogens is 510 g/mol. The van der Waals surface area contributed by atoms with E-state index in [9.17, 15) is 15.0 Å². The summed E-state index contributed by atoms with van der Waals surface area (Å²) in [5, 5.41) is 26.0. The van der Waals surface area contributed by atoms with Crippen molar-refractivity contribution in [1.29, 1.82) is 0 Å². The van der Waals surface area contributed by atoms with Crippen LogP contribution in [0.15, 0.2) is 12.5 Å². The molecule has 0 amide bonds. The Morgan fingerprint density at radius 1 is 1.12 bits per heavy atom. The Labute approximate surface area is 249 Å². The second-order valence-corrected chi connectivity index (χ2v) is 15.8. The summed E-state index contributed by atoms with van der Waals surface area (Å²) in [6.45, 7) is 13.1. The number of aromatic nitrogens is 2. The summed E-state index contributed by atoms with van der Waals surface area (Å²) in [4.78, 5) is 18.9. The Hall–Kier alpha value is -1.40. The van der Waals surface area contributed by atoms with Crippen molar-refractivity contribution in [3.8, 4) is 0 Å². The van der Waals surface area contributed by atoms with Crippen molar-refractivity contribution in [2.45, 2.75) is 136 Å². The van der Waals surface area contributed by atoms with Gasteiger partial charge in [0.05, 0.1) is 17.6 Å². The van der Waals surface area contributed by atoms with Crippen molar-refractivity contribution in [3.63, 3.8) is 0 Å². The van der Waals surface area contributed by atoms with E-state index in [1.165, 1.54) is 44.9 Å². The highest BCUT2D eigenvalue weighted by Gasteiger charge is 2.67. The monoisotopic (exact) mass is 569 g/mol. The van der Waals surface area contributed by atoms with Crippen LogP contribution in [0.4, 0.5) is 0 Å². The van der Waals surface area contributed by atoms with Crippen molar-refractivity contribution in [2.24, 2.45) is 52.3 Å². The molecule has 232 valence electrons. The van der Waals surface area contributed by atoms with Crippen LogP contribution in [0.3, 0.4) is 0 Å². The number of hydrogen-bond acceptors (Lipinski definition) is 4. The van der Waals surface area contributed by atoms with Gasteiger partial charge in [-0.25, -0.2) is 4.98 Å². The van der Waals surface area contributed by atoms with E-state index in [2.05, 4.69) is 49.9 Å². The molecule has 1 aromatic heterocycles. The van der Waals surface area contributed by atoms with Crippen LogP contribution in [0.2, 0.25) is 0 Å². The van der Waals surface area contributed by atoms with Gasteiger partial charge in [-0.2, -0.15) is 0 Å². The van der Waals surface area contributed by atoms with Gasteiger partial charge < -0.3 is 20.5 Å². The lowest BCUT2D eigenvalue weighted by atomic mass is 9.41. The number of imidazole rings is 1. The largest absolute Gasteiger partial charge is 0.481 e. The Balaban J connectivity index is 1.36. The molecule has 5 rings (SSSR count). The number of nitrogens with zero attached hydrogens (tertiary/aromatic N) is 1. The molecule has 0 aromatic carbocycles. The first-order valence-corrected chi connectivity index (χ1v) is 17.1. The zero-order valence-electron chi connectivity index (χ0n) is 26.6. The highest BCUT2D eigenvalue weighted by Crippen LogP contribution is 2.69. The molecule has 4 aliphatic carbocycles. The summed E-state index contributed by atoms with van der Waals surface area (Å²) in [6.07, 6.45) is 18.6. The summed E-state index contributed by atoms with van der Waals surface area (Å²) in [5.74, 6) is 3.95. The standard InChI is InChI=1S/C35H59N3O3/c1-23(2)7-6-8-24(3)28-10-11-29-27-19-31(37-18-15-26-21-36-22-38-26)35(41)20-25(9-12-32(39)40)13-17-34(35,5)30(27)14-16-33(28,29)4/h21-25,27-31,37,41H,6-20H2,1-5H3,(H,36,38)(H,39,40)/t24?,25-,27-,28+,29-,30-,31+,33+,34+,35-/m0/s1. The second kappa shape index (κ2) is 12.3. The molecule has 0 aliphatic heterocycles. The third-order valence-electron chi connectivity index (χ3n) is 13.3. The summed E-state index contributed by atoms with van der Waals surface area (Å²) < 4.78 is 0. The average Bonchev–Trinajstić information content (AvgIpc) is 3.55. The lowest BCUT2D eigenvalue weighted by Gasteiger charge is -2.67. The summed E-state index contributed by atoms with van der Waals surface area (Å²) in [5.41, 5.74) is 0.556. The fraction of sp³-hybridized carbons (Fsp3) is 0.886. The van der Waals surface area contributed by atoms with Gasteiger partial charge in [-0.15, -0.1) is 0 Å². The maximum Gasteiger partial charge on any atom is 0.303 e. The van der Waals surface area contributed by atoms with Crippen molar-refractivity contribution < 1.29 is 15.0 Å². The van der Waals surface area contributed by atoms with Crippen LogP contribution in [0.1, 0.15) is 124 Å². The predicted octanol–water partition coefficient (Wildman–Crippen LogP) is 7.24. The van der Waals surface area contributed by atoms with Gasteiger partial charge in [-0.3, -0.25) is 4.79 Å². The highest BCUT2D eigenvalue weighted by molar-refractivity contribution is 5.66. The van der Waals surface area contributed by atoms with Crippen LogP contribution in [-0.4, -0.2) is 44.3 Å². The van der Waals surface area contributed by atoms with E-state index in [-0.39, 0.29) is 23.8 Å². The Morgan fingerprint density at radius 3 is 2.63 bits per heavy atom. The Kier molecular flexibility index (Phi) is 9.31. The molecule has 1 unspecified atom stereocenters. The molecule has 4 aliphatic rings. The fourth-order valence-corrected chi connectivity index (χ4v) is 11.1. The zero-order chi connectivity index (χ0) is 29.4. The fourth-order valence-electron chi connectivity index (χ4n) is 11.1. The maximum atomic E-state index is 12.8. The van der Waals surface area contributed by atoms with Gasteiger partial charge in [0.15, 0.2) is 0 Å². The van der Waals surface area contributed by atoms with E-state index < -0.39 is 11.6 Å². The van der Waals surface area contributed by atoms with Gasteiger partial charge in [0, 0.05) is 37.0 Å². The van der Waals surface area contributed by atoms with E-state index in [0.29, 0.717) is 23.7 Å².